The zero-order valence-electron chi connectivity index (χ0n) is 11.3. The Balaban J connectivity index is 2.14. The Morgan fingerprint density at radius 1 is 1.25 bits per heavy atom. The van der Waals surface area contributed by atoms with Crippen LogP contribution in [0.4, 0.5) is 0 Å². The van der Waals surface area contributed by atoms with Gasteiger partial charge in [0.25, 0.3) is 0 Å². The molecule has 0 aromatic rings. The molecule has 0 saturated carbocycles. The molecule has 16 heavy (non-hydrogen) atoms. The standard InChI is InChI=1S/C13H29N3/c1-4-7-14-8-5-10-16-11-6-9-15(3)12-13(16)2/h13-14H,4-12H2,1-3H3. The number of likely N-dealkylation sites (N-methyl/N-ethyl adjacent to an activating group) is 1. The highest BCUT2D eigenvalue weighted by molar-refractivity contribution is 4.75. The predicted octanol–water partition coefficient (Wildman–Crippen LogP) is 1.40. The molecular weight excluding hydrogens is 198 g/mol. The lowest BCUT2D eigenvalue weighted by atomic mass is 10.2. The van der Waals surface area contributed by atoms with Gasteiger partial charge in [-0.05, 0) is 66.0 Å². The van der Waals surface area contributed by atoms with E-state index in [9.17, 15) is 0 Å². The van der Waals surface area contributed by atoms with E-state index < -0.39 is 0 Å². The van der Waals surface area contributed by atoms with E-state index >= 15 is 0 Å². The molecule has 0 spiro atoms. The first-order valence-electron chi connectivity index (χ1n) is 6.87. The third-order valence-corrected chi connectivity index (χ3v) is 3.41. The number of nitrogens with one attached hydrogen (secondary N) is 1. The number of hydrogen-bond donors (Lipinski definition) is 1. The first-order valence-corrected chi connectivity index (χ1v) is 6.87. The van der Waals surface area contributed by atoms with Crippen molar-refractivity contribution in [2.45, 2.75) is 39.2 Å². The van der Waals surface area contributed by atoms with Crippen molar-refractivity contribution in [3.63, 3.8) is 0 Å². The van der Waals surface area contributed by atoms with Crippen molar-refractivity contribution in [2.24, 2.45) is 0 Å². The Labute approximate surface area is 101 Å². The molecule has 0 bridgehead atoms. The quantitative estimate of drug-likeness (QED) is 0.692. The third-order valence-electron chi connectivity index (χ3n) is 3.41. The lowest BCUT2D eigenvalue weighted by molar-refractivity contribution is 0.200. The summed E-state index contributed by atoms with van der Waals surface area (Å²) >= 11 is 0. The van der Waals surface area contributed by atoms with Crippen molar-refractivity contribution < 1.29 is 0 Å². The number of hydrogen-bond acceptors (Lipinski definition) is 3. The van der Waals surface area contributed by atoms with Gasteiger partial charge in [0.2, 0.25) is 0 Å². The van der Waals surface area contributed by atoms with Crippen LogP contribution in [0.15, 0.2) is 0 Å². The van der Waals surface area contributed by atoms with Crippen LogP contribution in [0.25, 0.3) is 0 Å². The molecule has 1 saturated heterocycles. The van der Waals surface area contributed by atoms with E-state index in [1.807, 2.05) is 0 Å². The van der Waals surface area contributed by atoms with Crippen molar-refractivity contribution in [1.82, 2.24) is 15.1 Å². The third kappa shape index (κ3) is 5.28. The van der Waals surface area contributed by atoms with Gasteiger partial charge in [0.15, 0.2) is 0 Å². The Morgan fingerprint density at radius 2 is 2.06 bits per heavy atom. The fourth-order valence-electron chi connectivity index (χ4n) is 2.46. The van der Waals surface area contributed by atoms with E-state index in [-0.39, 0.29) is 0 Å². The van der Waals surface area contributed by atoms with Crippen LogP contribution in [-0.4, -0.2) is 62.2 Å². The molecule has 3 heteroatoms. The van der Waals surface area contributed by atoms with Gasteiger partial charge in [-0.1, -0.05) is 6.92 Å². The Morgan fingerprint density at radius 3 is 2.81 bits per heavy atom. The van der Waals surface area contributed by atoms with Crippen molar-refractivity contribution in [3.05, 3.63) is 0 Å². The summed E-state index contributed by atoms with van der Waals surface area (Å²) in [6.07, 6.45) is 3.85. The molecule has 1 fully saturated rings. The summed E-state index contributed by atoms with van der Waals surface area (Å²) in [7, 11) is 2.24. The molecule has 0 aliphatic carbocycles. The Hall–Kier alpha value is -0.120. The van der Waals surface area contributed by atoms with Crippen molar-refractivity contribution >= 4 is 0 Å². The fourth-order valence-corrected chi connectivity index (χ4v) is 2.46. The monoisotopic (exact) mass is 227 g/mol. The van der Waals surface area contributed by atoms with Gasteiger partial charge in [0.05, 0.1) is 0 Å². The van der Waals surface area contributed by atoms with Crippen LogP contribution in [0.5, 0.6) is 0 Å². The zero-order chi connectivity index (χ0) is 11.8. The molecule has 0 radical (unpaired) electrons. The van der Waals surface area contributed by atoms with E-state index in [0.29, 0.717) is 0 Å². The fraction of sp³-hybridized carbons (Fsp3) is 1.00. The molecule has 1 rings (SSSR count). The van der Waals surface area contributed by atoms with Gasteiger partial charge in [-0.25, -0.2) is 0 Å². The average molecular weight is 227 g/mol. The molecule has 1 aliphatic rings. The van der Waals surface area contributed by atoms with E-state index in [0.717, 1.165) is 12.6 Å². The molecule has 0 aromatic carbocycles. The van der Waals surface area contributed by atoms with Gasteiger partial charge >= 0.3 is 0 Å². The van der Waals surface area contributed by atoms with Crippen LogP contribution in [0.1, 0.15) is 33.1 Å². The smallest absolute Gasteiger partial charge is 0.0194 e. The summed E-state index contributed by atoms with van der Waals surface area (Å²) in [5.74, 6) is 0. The van der Waals surface area contributed by atoms with Gasteiger partial charge < -0.3 is 10.2 Å². The number of nitrogens with zero attached hydrogens (tertiary/aromatic N) is 2. The number of rotatable bonds is 6. The van der Waals surface area contributed by atoms with Crippen LogP contribution in [0, 0.1) is 0 Å². The molecule has 0 amide bonds. The lowest BCUT2D eigenvalue weighted by Gasteiger charge is -2.27. The van der Waals surface area contributed by atoms with Gasteiger partial charge in [-0.3, -0.25) is 4.90 Å². The second kappa shape index (κ2) is 8.04. The molecule has 1 unspecified atom stereocenters. The zero-order valence-corrected chi connectivity index (χ0v) is 11.3. The minimum Gasteiger partial charge on any atom is -0.317 e. The maximum atomic E-state index is 3.48. The highest BCUT2D eigenvalue weighted by Gasteiger charge is 2.18. The van der Waals surface area contributed by atoms with Crippen molar-refractivity contribution in [1.29, 1.82) is 0 Å². The predicted molar refractivity (Wildman–Crippen MR) is 70.9 cm³/mol. The van der Waals surface area contributed by atoms with Crippen molar-refractivity contribution in [3.8, 4) is 0 Å². The minimum atomic E-state index is 0.721. The van der Waals surface area contributed by atoms with Crippen LogP contribution in [-0.2, 0) is 0 Å². The van der Waals surface area contributed by atoms with Gasteiger partial charge in [-0.15, -0.1) is 0 Å². The minimum absolute atomic E-state index is 0.721. The van der Waals surface area contributed by atoms with Crippen LogP contribution in [0.3, 0.4) is 0 Å². The lowest BCUT2D eigenvalue weighted by Crippen LogP contribution is -2.39. The van der Waals surface area contributed by atoms with Gasteiger partial charge in [0.1, 0.15) is 0 Å². The molecule has 3 nitrogen and oxygen atoms in total. The molecular formula is C13H29N3. The van der Waals surface area contributed by atoms with Crippen molar-refractivity contribution in [2.75, 3.05) is 46.3 Å². The Bertz CT molecular complexity index is 173. The van der Waals surface area contributed by atoms with E-state index in [4.69, 9.17) is 0 Å². The average Bonchev–Trinajstić information content (AvgIpc) is 2.40. The SMILES string of the molecule is CCCNCCCN1CCCN(C)CC1C. The summed E-state index contributed by atoms with van der Waals surface area (Å²) < 4.78 is 0. The second-order valence-corrected chi connectivity index (χ2v) is 5.10. The summed E-state index contributed by atoms with van der Waals surface area (Å²) in [6.45, 7) is 11.9. The molecule has 96 valence electrons. The van der Waals surface area contributed by atoms with E-state index in [2.05, 4.69) is 36.0 Å². The van der Waals surface area contributed by atoms with Crippen LogP contribution in [0.2, 0.25) is 0 Å². The molecule has 0 aromatic heterocycles. The topological polar surface area (TPSA) is 18.5 Å². The maximum absolute atomic E-state index is 3.48. The van der Waals surface area contributed by atoms with E-state index in [1.165, 1.54) is 52.0 Å². The first kappa shape index (κ1) is 13.9. The summed E-state index contributed by atoms with van der Waals surface area (Å²) in [5, 5.41) is 3.48. The first-order chi connectivity index (χ1) is 7.74. The normalized spacial score (nSPS) is 24.6. The molecule has 1 heterocycles. The van der Waals surface area contributed by atoms with Crippen LogP contribution >= 0.6 is 0 Å². The largest absolute Gasteiger partial charge is 0.317 e. The van der Waals surface area contributed by atoms with Gasteiger partial charge in [0, 0.05) is 12.6 Å². The Kier molecular flexibility index (Phi) is 7.01. The molecule has 1 atom stereocenters. The summed E-state index contributed by atoms with van der Waals surface area (Å²) in [6, 6.07) is 0.721. The van der Waals surface area contributed by atoms with Gasteiger partial charge in [-0.2, -0.15) is 0 Å². The molecule has 1 N–H and O–H groups in total. The summed E-state index contributed by atoms with van der Waals surface area (Å²) in [5.41, 5.74) is 0. The molecule has 1 aliphatic heterocycles. The maximum Gasteiger partial charge on any atom is 0.0194 e. The highest BCUT2D eigenvalue weighted by Crippen LogP contribution is 2.08. The summed E-state index contributed by atoms with van der Waals surface area (Å²) in [4.78, 5) is 5.11. The van der Waals surface area contributed by atoms with Crippen LogP contribution < -0.4 is 5.32 Å². The highest BCUT2D eigenvalue weighted by atomic mass is 15.2. The van der Waals surface area contributed by atoms with E-state index in [1.54, 1.807) is 0 Å². The second-order valence-electron chi connectivity index (χ2n) is 5.10.